The van der Waals surface area contributed by atoms with E-state index < -0.39 is 23.2 Å². The van der Waals surface area contributed by atoms with Crippen LogP contribution in [0.2, 0.25) is 0 Å². The van der Waals surface area contributed by atoms with Crippen LogP contribution in [0, 0.1) is 11.6 Å². The van der Waals surface area contributed by atoms with E-state index in [1.165, 1.54) is 12.1 Å². The number of carbonyl (C=O) groups is 1. The molecule has 92 valence electrons. The molecule has 0 radical (unpaired) electrons. The van der Waals surface area contributed by atoms with Crippen molar-refractivity contribution in [3.05, 3.63) is 53.7 Å². The van der Waals surface area contributed by atoms with Crippen molar-refractivity contribution >= 4 is 5.97 Å². The fourth-order valence-corrected chi connectivity index (χ4v) is 1.28. The topological polar surface area (TPSA) is 59.4 Å². The molecule has 2 aromatic rings. The Labute approximate surface area is 100 Å². The normalized spacial score (nSPS) is 10.1. The molecule has 0 saturated carbocycles. The van der Waals surface area contributed by atoms with Gasteiger partial charge in [0.2, 0.25) is 5.88 Å². The third-order valence-electron chi connectivity index (χ3n) is 2.08. The molecule has 0 amide bonds. The minimum atomic E-state index is -1.36. The van der Waals surface area contributed by atoms with Crippen LogP contribution in [0.25, 0.3) is 0 Å². The molecule has 0 fully saturated rings. The van der Waals surface area contributed by atoms with E-state index in [9.17, 15) is 13.6 Å². The predicted molar refractivity (Wildman–Crippen MR) is 57.6 cm³/mol. The number of rotatable bonds is 3. The maximum Gasteiger partial charge on any atom is 0.341 e. The molecule has 1 aromatic carbocycles. The summed E-state index contributed by atoms with van der Waals surface area (Å²) >= 11 is 0. The number of nitrogens with zero attached hydrogens (tertiary/aromatic N) is 1. The highest BCUT2D eigenvalue weighted by Gasteiger charge is 2.15. The van der Waals surface area contributed by atoms with Crippen LogP contribution in [0.5, 0.6) is 11.6 Å². The van der Waals surface area contributed by atoms with Crippen LogP contribution in [0.15, 0.2) is 36.5 Å². The summed E-state index contributed by atoms with van der Waals surface area (Å²) in [5.41, 5.74) is -0.403. The molecule has 0 aliphatic carbocycles. The molecule has 0 unspecified atom stereocenters. The number of carboxylic acid groups (broad SMARTS) is 1. The minimum absolute atomic E-state index is 0.206. The fraction of sp³-hybridized carbons (Fsp3) is 0. The standard InChI is InChI=1S/C12H7F2NO3/c13-7-1-3-9(4-2-7)18-11-10(12(16)17)5-8(14)6-15-11/h1-6H,(H,16,17). The number of benzene rings is 1. The quantitative estimate of drug-likeness (QED) is 0.911. The Bertz CT molecular complexity index is 584. The molecule has 1 N–H and O–H groups in total. The van der Waals surface area contributed by atoms with Crippen molar-refractivity contribution in [2.24, 2.45) is 0 Å². The van der Waals surface area contributed by atoms with E-state index in [2.05, 4.69) is 4.98 Å². The van der Waals surface area contributed by atoms with Crippen molar-refractivity contribution < 1.29 is 23.4 Å². The minimum Gasteiger partial charge on any atom is -0.477 e. The Morgan fingerprint density at radius 1 is 1.17 bits per heavy atom. The molecule has 0 spiro atoms. The van der Waals surface area contributed by atoms with Crippen molar-refractivity contribution in [2.45, 2.75) is 0 Å². The molecule has 0 bridgehead atoms. The first-order valence-electron chi connectivity index (χ1n) is 4.88. The van der Waals surface area contributed by atoms with E-state index in [0.717, 1.165) is 24.4 Å². The van der Waals surface area contributed by atoms with Gasteiger partial charge < -0.3 is 9.84 Å². The molecule has 2 rings (SSSR count). The second-order valence-electron chi connectivity index (χ2n) is 3.37. The van der Waals surface area contributed by atoms with Gasteiger partial charge in [0, 0.05) is 0 Å². The Balaban J connectivity index is 2.34. The molecule has 0 atom stereocenters. The third kappa shape index (κ3) is 2.60. The van der Waals surface area contributed by atoms with E-state index in [0.29, 0.717) is 0 Å². The van der Waals surface area contributed by atoms with Crippen LogP contribution >= 0.6 is 0 Å². The lowest BCUT2D eigenvalue weighted by atomic mass is 10.2. The Hall–Kier alpha value is -2.50. The molecule has 0 aliphatic heterocycles. The zero-order valence-electron chi connectivity index (χ0n) is 8.93. The third-order valence-corrected chi connectivity index (χ3v) is 2.08. The van der Waals surface area contributed by atoms with Gasteiger partial charge in [-0.25, -0.2) is 18.6 Å². The van der Waals surface area contributed by atoms with Crippen LogP contribution in [0.3, 0.4) is 0 Å². The maximum absolute atomic E-state index is 12.9. The van der Waals surface area contributed by atoms with E-state index in [4.69, 9.17) is 9.84 Å². The van der Waals surface area contributed by atoms with E-state index in [1.54, 1.807) is 0 Å². The second-order valence-corrected chi connectivity index (χ2v) is 3.37. The van der Waals surface area contributed by atoms with Crippen LogP contribution in [0.1, 0.15) is 10.4 Å². The van der Waals surface area contributed by atoms with Gasteiger partial charge in [0.1, 0.15) is 22.9 Å². The lowest BCUT2D eigenvalue weighted by Gasteiger charge is -2.07. The van der Waals surface area contributed by atoms with Gasteiger partial charge in [-0.15, -0.1) is 0 Å². The second kappa shape index (κ2) is 4.79. The van der Waals surface area contributed by atoms with Crippen molar-refractivity contribution in [1.29, 1.82) is 0 Å². The summed E-state index contributed by atoms with van der Waals surface area (Å²) in [6, 6.07) is 5.73. The molecule has 6 heteroatoms. The highest BCUT2D eigenvalue weighted by Crippen LogP contribution is 2.23. The van der Waals surface area contributed by atoms with Gasteiger partial charge in [-0.3, -0.25) is 0 Å². The van der Waals surface area contributed by atoms with Gasteiger partial charge >= 0.3 is 5.97 Å². The predicted octanol–water partition coefficient (Wildman–Crippen LogP) is 2.85. The summed E-state index contributed by atoms with van der Waals surface area (Å²) in [6.07, 6.45) is 0.839. The Morgan fingerprint density at radius 2 is 1.83 bits per heavy atom. The van der Waals surface area contributed by atoms with E-state index in [1.807, 2.05) is 0 Å². The van der Waals surface area contributed by atoms with Crippen molar-refractivity contribution in [2.75, 3.05) is 0 Å². The average Bonchev–Trinajstić information content (AvgIpc) is 2.34. The smallest absolute Gasteiger partial charge is 0.341 e. The molecule has 1 heterocycles. The van der Waals surface area contributed by atoms with E-state index >= 15 is 0 Å². The molecule has 0 saturated heterocycles. The van der Waals surface area contributed by atoms with Gasteiger partial charge in [0.15, 0.2) is 0 Å². The fourth-order valence-electron chi connectivity index (χ4n) is 1.28. The Morgan fingerprint density at radius 3 is 2.44 bits per heavy atom. The highest BCUT2D eigenvalue weighted by molar-refractivity contribution is 5.90. The lowest BCUT2D eigenvalue weighted by Crippen LogP contribution is -2.03. The van der Waals surface area contributed by atoms with Gasteiger partial charge in [-0.1, -0.05) is 0 Å². The molecule has 18 heavy (non-hydrogen) atoms. The summed E-state index contributed by atoms with van der Waals surface area (Å²) in [4.78, 5) is 14.4. The van der Waals surface area contributed by atoms with Crippen LogP contribution in [-0.4, -0.2) is 16.1 Å². The average molecular weight is 251 g/mol. The van der Waals surface area contributed by atoms with Gasteiger partial charge in [0.25, 0.3) is 0 Å². The number of hydrogen-bond donors (Lipinski definition) is 1. The van der Waals surface area contributed by atoms with Crippen molar-refractivity contribution in [1.82, 2.24) is 4.98 Å². The number of pyridine rings is 1. The number of halogens is 2. The molecular weight excluding hydrogens is 244 g/mol. The SMILES string of the molecule is O=C(O)c1cc(F)cnc1Oc1ccc(F)cc1. The zero-order chi connectivity index (χ0) is 13.1. The largest absolute Gasteiger partial charge is 0.477 e. The summed E-state index contributed by atoms with van der Waals surface area (Å²) in [6.45, 7) is 0. The number of ether oxygens (including phenoxy) is 1. The lowest BCUT2D eigenvalue weighted by molar-refractivity contribution is 0.0692. The first-order chi connectivity index (χ1) is 8.56. The van der Waals surface area contributed by atoms with Crippen LogP contribution in [0.4, 0.5) is 8.78 Å². The monoisotopic (exact) mass is 251 g/mol. The van der Waals surface area contributed by atoms with Gasteiger partial charge in [0.05, 0.1) is 6.20 Å². The summed E-state index contributed by atoms with van der Waals surface area (Å²) in [5.74, 6) is -2.64. The summed E-state index contributed by atoms with van der Waals surface area (Å²) in [7, 11) is 0. The van der Waals surface area contributed by atoms with Crippen LogP contribution in [-0.2, 0) is 0 Å². The van der Waals surface area contributed by atoms with Crippen molar-refractivity contribution in [3.8, 4) is 11.6 Å². The van der Waals surface area contributed by atoms with Crippen molar-refractivity contribution in [3.63, 3.8) is 0 Å². The summed E-state index contributed by atoms with van der Waals surface area (Å²) < 4.78 is 30.7. The number of hydrogen-bond acceptors (Lipinski definition) is 3. The van der Waals surface area contributed by atoms with Gasteiger partial charge in [-0.05, 0) is 30.3 Å². The Kier molecular flexibility index (Phi) is 3.18. The summed E-state index contributed by atoms with van der Waals surface area (Å²) in [5, 5.41) is 8.87. The molecular formula is C12H7F2NO3. The molecule has 0 aliphatic rings. The number of aromatic nitrogens is 1. The highest BCUT2D eigenvalue weighted by atomic mass is 19.1. The maximum atomic E-state index is 12.9. The van der Waals surface area contributed by atoms with Gasteiger partial charge in [-0.2, -0.15) is 0 Å². The molecule has 4 nitrogen and oxygen atoms in total. The first kappa shape index (κ1) is 12.0. The number of carboxylic acids is 1. The van der Waals surface area contributed by atoms with Crippen LogP contribution < -0.4 is 4.74 Å². The molecule has 1 aromatic heterocycles. The number of aromatic carboxylic acids is 1. The van der Waals surface area contributed by atoms with E-state index in [-0.39, 0.29) is 11.6 Å². The zero-order valence-corrected chi connectivity index (χ0v) is 8.93. The first-order valence-corrected chi connectivity index (χ1v) is 4.88.